The van der Waals surface area contributed by atoms with E-state index in [1.807, 2.05) is 0 Å². The van der Waals surface area contributed by atoms with Crippen LogP contribution in [0.3, 0.4) is 0 Å². The third kappa shape index (κ3) is 4.92. The Hall–Kier alpha value is -1.48. The number of hydrogen-bond donors (Lipinski definition) is 0. The first-order valence-electron chi connectivity index (χ1n) is 10.3. The van der Waals surface area contributed by atoms with E-state index in [4.69, 9.17) is 11.6 Å². The molecule has 1 aliphatic rings. The fourth-order valence-electron chi connectivity index (χ4n) is 4.66. The monoisotopic (exact) mass is 408 g/mol. The molecule has 0 aromatic heterocycles. The highest BCUT2D eigenvalue weighted by molar-refractivity contribution is 6.30. The Kier molecular flexibility index (Phi) is 7.09. The summed E-state index contributed by atoms with van der Waals surface area (Å²) in [4.78, 5) is 0. The molecule has 0 nitrogen and oxygen atoms in total. The Bertz CT molecular complexity index is 786. The van der Waals surface area contributed by atoms with Gasteiger partial charge in [0.15, 0.2) is 0 Å². The van der Waals surface area contributed by atoms with Crippen molar-refractivity contribution < 1.29 is 13.2 Å². The van der Waals surface area contributed by atoms with Gasteiger partial charge in [0.2, 0.25) is 0 Å². The zero-order valence-electron chi connectivity index (χ0n) is 16.6. The Morgan fingerprint density at radius 1 is 0.964 bits per heavy atom. The van der Waals surface area contributed by atoms with Crippen molar-refractivity contribution in [3.05, 3.63) is 58.4 Å². The molecule has 0 bridgehead atoms. The molecule has 1 atom stereocenters. The first kappa shape index (κ1) is 21.2. The fourth-order valence-corrected chi connectivity index (χ4v) is 4.78. The SMILES string of the molecule is CCCC1CCC(C(C)Cc2cc(F)c(-c3ccc(Cl)c(F)c3)c(F)c2)CC1. The quantitative estimate of drug-likeness (QED) is 0.451. The van der Waals surface area contributed by atoms with Gasteiger partial charge in [-0.1, -0.05) is 57.2 Å². The molecule has 2 aromatic carbocycles. The number of benzene rings is 2. The van der Waals surface area contributed by atoms with Crippen molar-refractivity contribution in [1.82, 2.24) is 0 Å². The van der Waals surface area contributed by atoms with Crippen LogP contribution in [0, 0.1) is 35.2 Å². The molecule has 1 fully saturated rings. The molecule has 0 spiro atoms. The zero-order valence-corrected chi connectivity index (χ0v) is 17.3. The van der Waals surface area contributed by atoms with Crippen molar-refractivity contribution in [2.75, 3.05) is 0 Å². The average Bonchev–Trinajstić information content (AvgIpc) is 2.65. The summed E-state index contributed by atoms with van der Waals surface area (Å²) in [7, 11) is 0. The lowest BCUT2D eigenvalue weighted by Gasteiger charge is -2.32. The van der Waals surface area contributed by atoms with Crippen LogP contribution in [-0.2, 0) is 6.42 Å². The number of rotatable bonds is 6. The zero-order chi connectivity index (χ0) is 20.3. The minimum Gasteiger partial charge on any atom is -0.206 e. The lowest BCUT2D eigenvalue weighted by Crippen LogP contribution is -2.21. The van der Waals surface area contributed by atoms with E-state index in [1.165, 1.54) is 62.8 Å². The molecule has 0 N–H and O–H groups in total. The van der Waals surface area contributed by atoms with Crippen LogP contribution in [0.1, 0.15) is 57.9 Å². The van der Waals surface area contributed by atoms with Crippen LogP contribution in [0.5, 0.6) is 0 Å². The van der Waals surface area contributed by atoms with E-state index in [-0.39, 0.29) is 16.1 Å². The summed E-state index contributed by atoms with van der Waals surface area (Å²) in [6, 6.07) is 6.61. The molecule has 1 aliphatic carbocycles. The molecule has 0 amide bonds. The summed E-state index contributed by atoms with van der Waals surface area (Å²) in [6.45, 7) is 4.42. The van der Waals surface area contributed by atoms with Crippen LogP contribution in [0.4, 0.5) is 13.2 Å². The molecule has 152 valence electrons. The standard InChI is InChI=1S/C24H28ClF3/c1-3-4-16-5-7-18(8-6-16)15(2)11-17-12-22(27)24(23(28)13-17)19-9-10-20(25)21(26)14-19/h9-10,12-16,18H,3-8,11H2,1-2H3. The molecule has 2 aromatic rings. The van der Waals surface area contributed by atoms with Gasteiger partial charge in [-0.2, -0.15) is 0 Å². The lowest BCUT2D eigenvalue weighted by molar-refractivity contribution is 0.206. The van der Waals surface area contributed by atoms with E-state index in [1.54, 1.807) is 0 Å². The smallest absolute Gasteiger partial charge is 0.142 e. The van der Waals surface area contributed by atoms with Gasteiger partial charge in [0, 0.05) is 0 Å². The van der Waals surface area contributed by atoms with Gasteiger partial charge < -0.3 is 0 Å². The fraction of sp³-hybridized carbons (Fsp3) is 0.500. The molecule has 28 heavy (non-hydrogen) atoms. The second-order valence-corrected chi connectivity index (χ2v) is 8.72. The van der Waals surface area contributed by atoms with Gasteiger partial charge in [-0.05, 0) is 72.4 Å². The molecular weight excluding hydrogens is 381 g/mol. The van der Waals surface area contributed by atoms with Gasteiger partial charge >= 0.3 is 0 Å². The van der Waals surface area contributed by atoms with Crippen molar-refractivity contribution in [2.24, 2.45) is 17.8 Å². The van der Waals surface area contributed by atoms with E-state index in [0.717, 1.165) is 12.0 Å². The molecule has 0 saturated heterocycles. The van der Waals surface area contributed by atoms with Gasteiger partial charge in [-0.25, -0.2) is 13.2 Å². The first-order valence-corrected chi connectivity index (χ1v) is 10.7. The van der Waals surface area contributed by atoms with E-state index in [9.17, 15) is 13.2 Å². The minimum absolute atomic E-state index is 0.0660. The van der Waals surface area contributed by atoms with E-state index in [2.05, 4.69) is 13.8 Å². The van der Waals surface area contributed by atoms with Crippen molar-refractivity contribution in [1.29, 1.82) is 0 Å². The van der Waals surface area contributed by atoms with Crippen LogP contribution in [-0.4, -0.2) is 0 Å². The highest BCUT2D eigenvalue weighted by Crippen LogP contribution is 2.37. The summed E-state index contributed by atoms with van der Waals surface area (Å²) >= 11 is 5.67. The highest BCUT2D eigenvalue weighted by Gasteiger charge is 2.25. The maximum absolute atomic E-state index is 14.7. The Morgan fingerprint density at radius 2 is 1.61 bits per heavy atom. The van der Waals surface area contributed by atoms with Gasteiger partial charge in [0.05, 0.1) is 10.6 Å². The minimum atomic E-state index is -0.686. The van der Waals surface area contributed by atoms with Gasteiger partial charge in [0.1, 0.15) is 17.5 Å². The van der Waals surface area contributed by atoms with Gasteiger partial charge in [0.25, 0.3) is 0 Å². The van der Waals surface area contributed by atoms with Crippen LogP contribution >= 0.6 is 11.6 Å². The molecule has 0 radical (unpaired) electrons. The molecule has 1 saturated carbocycles. The van der Waals surface area contributed by atoms with Crippen LogP contribution in [0.2, 0.25) is 5.02 Å². The highest BCUT2D eigenvalue weighted by atomic mass is 35.5. The third-order valence-electron chi connectivity index (χ3n) is 6.26. The number of halogens is 4. The normalized spacial score (nSPS) is 20.9. The van der Waals surface area contributed by atoms with Crippen molar-refractivity contribution in [3.8, 4) is 11.1 Å². The second kappa shape index (κ2) is 9.35. The third-order valence-corrected chi connectivity index (χ3v) is 6.57. The second-order valence-electron chi connectivity index (χ2n) is 8.31. The van der Waals surface area contributed by atoms with Crippen molar-refractivity contribution in [3.63, 3.8) is 0 Å². The van der Waals surface area contributed by atoms with Gasteiger partial charge in [-0.15, -0.1) is 0 Å². The molecule has 0 aliphatic heterocycles. The predicted molar refractivity (Wildman–Crippen MR) is 110 cm³/mol. The van der Waals surface area contributed by atoms with E-state index in [0.29, 0.717) is 23.8 Å². The largest absolute Gasteiger partial charge is 0.206 e. The van der Waals surface area contributed by atoms with Crippen LogP contribution < -0.4 is 0 Å². The summed E-state index contributed by atoms with van der Waals surface area (Å²) < 4.78 is 43.0. The summed E-state index contributed by atoms with van der Waals surface area (Å²) in [5, 5.41) is -0.0660. The topological polar surface area (TPSA) is 0 Å². The van der Waals surface area contributed by atoms with Crippen LogP contribution in [0.25, 0.3) is 11.1 Å². The van der Waals surface area contributed by atoms with E-state index >= 15 is 0 Å². The Morgan fingerprint density at radius 3 is 2.18 bits per heavy atom. The summed E-state index contributed by atoms with van der Waals surface area (Å²) in [5.41, 5.74) is 0.620. The predicted octanol–water partition coefficient (Wildman–Crippen LogP) is 8.21. The lowest BCUT2D eigenvalue weighted by atomic mass is 9.73. The van der Waals surface area contributed by atoms with E-state index < -0.39 is 17.5 Å². The van der Waals surface area contributed by atoms with Gasteiger partial charge in [-0.3, -0.25) is 0 Å². The van der Waals surface area contributed by atoms with Crippen molar-refractivity contribution >= 4 is 11.6 Å². The summed E-state index contributed by atoms with van der Waals surface area (Å²) in [5.74, 6) is -0.146. The summed E-state index contributed by atoms with van der Waals surface area (Å²) in [6.07, 6.45) is 8.17. The van der Waals surface area contributed by atoms with Crippen molar-refractivity contribution in [2.45, 2.75) is 58.8 Å². The Labute approximate surface area is 171 Å². The number of hydrogen-bond acceptors (Lipinski definition) is 0. The first-order chi connectivity index (χ1) is 13.4. The molecular formula is C24H28ClF3. The molecule has 1 unspecified atom stereocenters. The molecule has 3 rings (SSSR count). The van der Waals surface area contributed by atoms with Crippen LogP contribution in [0.15, 0.2) is 30.3 Å². The maximum atomic E-state index is 14.7. The average molecular weight is 409 g/mol. The Balaban J connectivity index is 1.71. The maximum Gasteiger partial charge on any atom is 0.142 e. The molecule has 0 heterocycles. The molecule has 4 heteroatoms.